The smallest absolute Gasteiger partial charge is 0.321 e. The van der Waals surface area contributed by atoms with Crippen molar-refractivity contribution in [2.45, 2.75) is 33.4 Å². The number of hydrogen-bond donors (Lipinski definition) is 1. The molecule has 0 amide bonds. The van der Waals surface area contributed by atoms with Gasteiger partial charge in [-0.05, 0) is 19.9 Å². The fourth-order valence-electron chi connectivity index (χ4n) is 1.82. The molecule has 0 fully saturated rings. The summed E-state index contributed by atoms with van der Waals surface area (Å²) in [5.41, 5.74) is 0.942. The van der Waals surface area contributed by atoms with Crippen LogP contribution in [-0.2, 0) is 11.3 Å². The second kappa shape index (κ2) is 5.41. The standard InChI is InChI=1S/C11H18N2O2S/c1-7(2)10(11(14)15)13(4)5-9-6-16-8(3)12-9/h6-7,10H,5H2,1-4H3,(H,14,15). The molecule has 0 saturated heterocycles. The second-order valence-electron chi connectivity index (χ2n) is 4.30. The highest BCUT2D eigenvalue weighted by Gasteiger charge is 2.26. The maximum Gasteiger partial charge on any atom is 0.321 e. The molecule has 1 heterocycles. The molecule has 1 rings (SSSR count). The Kier molecular flexibility index (Phi) is 4.44. The lowest BCUT2D eigenvalue weighted by Gasteiger charge is -2.26. The first kappa shape index (κ1) is 13.1. The van der Waals surface area contributed by atoms with E-state index < -0.39 is 12.0 Å². The number of aromatic nitrogens is 1. The highest BCUT2D eigenvalue weighted by molar-refractivity contribution is 7.09. The summed E-state index contributed by atoms with van der Waals surface area (Å²) in [7, 11) is 1.83. The first-order chi connectivity index (χ1) is 7.41. The molecule has 0 aliphatic carbocycles. The number of hydrogen-bond acceptors (Lipinski definition) is 4. The molecule has 0 spiro atoms. The van der Waals surface area contributed by atoms with Crippen LogP contribution >= 0.6 is 11.3 Å². The number of aliphatic carboxylic acids is 1. The largest absolute Gasteiger partial charge is 0.480 e. The number of likely N-dealkylation sites (N-methyl/N-ethyl adjacent to an activating group) is 1. The fraction of sp³-hybridized carbons (Fsp3) is 0.636. The lowest BCUT2D eigenvalue weighted by atomic mass is 10.0. The third-order valence-corrected chi connectivity index (χ3v) is 3.26. The van der Waals surface area contributed by atoms with Crippen LogP contribution in [0.15, 0.2) is 5.38 Å². The van der Waals surface area contributed by atoms with Gasteiger partial charge >= 0.3 is 5.97 Å². The number of carboxylic acid groups (broad SMARTS) is 1. The van der Waals surface area contributed by atoms with Gasteiger partial charge in [-0.15, -0.1) is 11.3 Å². The van der Waals surface area contributed by atoms with Crippen LogP contribution in [0.1, 0.15) is 24.5 Å². The summed E-state index contributed by atoms with van der Waals surface area (Å²) in [6.07, 6.45) is 0. The molecular weight excluding hydrogens is 224 g/mol. The maximum atomic E-state index is 11.1. The predicted octanol–water partition coefficient (Wildman–Crippen LogP) is 1.99. The van der Waals surface area contributed by atoms with Gasteiger partial charge in [0.15, 0.2) is 0 Å². The van der Waals surface area contributed by atoms with Crippen molar-refractivity contribution in [2.75, 3.05) is 7.05 Å². The Morgan fingerprint density at radius 3 is 2.62 bits per heavy atom. The lowest BCUT2D eigenvalue weighted by molar-refractivity contribution is -0.144. The Morgan fingerprint density at radius 2 is 2.25 bits per heavy atom. The van der Waals surface area contributed by atoms with Crippen LogP contribution in [0.4, 0.5) is 0 Å². The van der Waals surface area contributed by atoms with E-state index in [-0.39, 0.29) is 5.92 Å². The lowest BCUT2D eigenvalue weighted by Crippen LogP contribution is -2.41. The van der Waals surface area contributed by atoms with Crippen molar-refractivity contribution < 1.29 is 9.90 Å². The molecular formula is C11H18N2O2S. The van der Waals surface area contributed by atoms with Crippen molar-refractivity contribution in [1.82, 2.24) is 9.88 Å². The molecule has 1 N–H and O–H groups in total. The van der Waals surface area contributed by atoms with Crippen molar-refractivity contribution in [3.8, 4) is 0 Å². The normalized spacial score (nSPS) is 13.4. The predicted molar refractivity (Wildman–Crippen MR) is 64.6 cm³/mol. The summed E-state index contributed by atoms with van der Waals surface area (Å²) in [5, 5.41) is 12.1. The Morgan fingerprint density at radius 1 is 1.62 bits per heavy atom. The Balaban J connectivity index is 2.69. The van der Waals surface area contributed by atoms with Crippen molar-refractivity contribution >= 4 is 17.3 Å². The van der Waals surface area contributed by atoms with Crippen LogP contribution in [0.2, 0.25) is 0 Å². The summed E-state index contributed by atoms with van der Waals surface area (Å²) in [6, 6.07) is -0.456. The van der Waals surface area contributed by atoms with Crippen molar-refractivity contribution in [3.05, 3.63) is 16.1 Å². The van der Waals surface area contributed by atoms with Gasteiger partial charge in [0.2, 0.25) is 0 Å². The molecule has 90 valence electrons. The minimum absolute atomic E-state index is 0.0854. The van der Waals surface area contributed by atoms with E-state index >= 15 is 0 Å². The van der Waals surface area contributed by atoms with E-state index in [0.29, 0.717) is 6.54 Å². The SMILES string of the molecule is Cc1nc(CN(C)C(C(=O)O)C(C)C)cs1. The van der Waals surface area contributed by atoms with E-state index in [1.165, 1.54) is 0 Å². The Bertz CT molecular complexity index is 363. The van der Waals surface area contributed by atoms with Crippen LogP contribution in [0.25, 0.3) is 0 Å². The maximum absolute atomic E-state index is 11.1. The molecule has 0 bridgehead atoms. The number of carboxylic acids is 1. The highest BCUT2D eigenvalue weighted by Crippen LogP contribution is 2.15. The van der Waals surface area contributed by atoms with E-state index in [1.807, 2.05) is 38.1 Å². The van der Waals surface area contributed by atoms with E-state index in [0.717, 1.165) is 10.7 Å². The van der Waals surface area contributed by atoms with Crippen LogP contribution in [0.5, 0.6) is 0 Å². The van der Waals surface area contributed by atoms with Gasteiger partial charge in [-0.3, -0.25) is 9.69 Å². The molecule has 0 saturated carbocycles. The molecule has 5 heteroatoms. The molecule has 1 unspecified atom stereocenters. The first-order valence-electron chi connectivity index (χ1n) is 5.26. The van der Waals surface area contributed by atoms with Crippen LogP contribution in [0, 0.1) is 12.8 Å². The van der Waals surface area contributed by atoms with Gasteiger partial charge in [0.05, 0.1) is 10.7 Å². The summed E-state index contributed by atoms with van der Waals surface area (Å²) < 4.78 is 0. The van der Waals surface area contributed by atoms with Gasteiger partial charge in [0.1, 0.15) is 6.04 Å². The zero-order valence-electron chi connectivity index (χ0n) is 10.1. The van der Waals surface area contributed by atoms with Gasteiger partial charge in [-0.1, -0.05) is 13.8 Å². The molecule has 1 aromatic rings. The summed E-state index contributed by atoms with van der Waals surface area (Å²) in [6.45, 7) is 6.37. The molecule has 0 radical (unpaired) electrons. The molecule has 0 aromatic carbocycles. The molecule has 1 aromatic heterocycles. The van der Waals surface area contributed by atoms with E-state index in [9.17, 15) is 4.79 Å². The monoisotopic (exact) mass is 242 g/mol. The quantitative estimate of drug-likeness (QED) is 0.858. The van der Waals surface area contributed by atoms with Crippen molar-refractivity contribution in [2.24, 2.45) is 5.92 Å². The summed E-state index contributed by atoms with van der Waals surface area (Å²) >= 11 is 1.59. The van der Waals surface area contributed by atoms with E-state index in [1.54, 1.807) is 11.3 Å². The third-order valence-electron chi connectivity index (χ3n) is 2.44. The van der Waals surface area contributed by atoms with Gasteiger partial charge in [0.25, 0.3) is 0 Å². The number of rotatable bonds is 5. The molecule has 16 heavy (non-hydrogen) atoms. The zero-order chi connectivity index (χ0) is 12.3. The fourth-order valence-corrected chi connectivity index (χ4v) is 2.42. The van der Waals surface area contributed by atoms with E-state index in [2.05, 4.69) is 4.98 Å². The van der Waals surface area contributed by atoms with Gasteiger partial charge in [-0.25, -0.2) is 4.98 Å². The average Bonchev–Trinajstić information content (AvgIpc) is 2.49. The number of thiazole rings is 1. The first-order valence-corrected chi connectivity index (χ1v) is 6.14. The Hall–Kier alpha value is -0.940. The third kappa shape index (κ3) is 3.28. The number of nitrogens with zero attached hydrogens (tertiary/aromatic N) is 2. The molecule has 1 atom stereocenters. The number of aryl methyl sites for hydroxylation is 1. The van der Waals surface area contributed by atoms with Crippen LogP contribution in [-0.4, -0.2) is 34.0 Å². The highest BCUT2D eigenvalue weighted by atomic mass is 32.1. The summed E-state index contributed by atoms with van der Waals surface area (Å²) in [5.74, 6) is -0.688. The summed E-state index contributed by atoms with van der Waals surface area (Å²) in [4.78, 5) is 17.3. The minimum Gasteiger partial charge on any atom is -0.480 e. The molecule has 0 aliphatic heterocycles. The van der Waals surface area contributed by atoms with E-state index in [4.69, 9.17) is 5.11 Å². The number of carbonyl (C=O) groups is 1. The zero-order valence-corrected chi connectivity index (χ0v) is 10.9. The molecule has 4 nitrogen and oxygen atoms in total. The van der Waals surface area contributed by atoms with Gasteiger partial charge < -0.3 is 5.11 Å². The van der Waals surface area contributed by atoms with Crippen LogP contribution in [0.3, 0.4) is 0 Å². The van der Waals surface area contributed by atoms with Gasteiger partial charge in [0, 0.05) is 11.9 Å². The average molecular weight is 242 g/mol. The Labute approximate surface area is 99.9 Å². The minimum atomic E-state index is -0.774. The van der Waals surface area contributed by atoms with Crippen molar-refractivity contribution in [3.63, 3.8) is 0 Å². The van der Waals surface area contributed by atoms with Crippen molar-refractivity contribution in [1.29, 1.82) is 0 Å². The second-order valence-corrected chi connectivity index (χ2v) is 5.36. The van der Waals surface area contributed by atoms with Gasteiger partial charge in [-0.2, -0.15) is 0 Å². The van der Waals surface area contributed by atoms with Crippen LogP contribution < -0.4 is 0 Å². The molecule has 0 aliphatic rings. The topological polar surface area (TPSA) is 53.4 Å².